The molecule has 1 rings (SSSR count). The van der Waals surface area contributed by atoms with Crippen LogP contribution in [-0.4, -0.2) is 55.0 Å². The molecule has 0 amide bonds. The summed E-state index contributed by atoms with van der Waals surface area (Å²) in [5, 5.41) is 10.4. The summed E-state index contributed by atoms with van der Waals surface area (Å²) in [4.78, 5) is 6.16. The van der Waals surface area contributed by atoms with Crippen LogP contribution in [0.3, 0.4) is 0 Å². The van der Waals surface area contributed by atoms with E-state index in [1.807, 2.05) is 40.1 Å². The molecule has 1 aromatic carbocycles. The lowest BCUT2D eigenvalue weighted by molar-refractivity contribution is 0.373. The number of nitrogens with zero attached hydrogens (tertiary/aromatic N) is 3. The highest BCUT2D eigenvalue weighted by atomic mass is 16.3. The number of benzene rings is 1. The summed E-state index contributed by atoms with van der Waals surface area (Å²) in [7, 11) is 10.1. The number of aromatic hydroxyl groups is 1. The highest BCUT2D eigenvalue weighted by Crippen LogP contribution is 2.27. The summed E-state index contributed by atoms with van der Waals surface area (Å²) in [6.45, 7) is 6.02. The molecule has 0 heterocycles. The average molecular weight is 277 g/mol. The molecule has 1 N–H and O–H groups in total. The zero-order valence-electron chi connectivity index (χ0n) is 13.3. The van der Waals surface area contributed by atoms with Gasteiger partial charge in [-0.05, 0) is 52.1 Å². The third-order valence-electron chi connectivity index (χ3n) is 3.04. The summed E-state index contributed by atoms with van der Waals surface area (Å²) >= 11 is 0. The Morgan fingerprint density at radius 3 is 1.90 bits per heavy atom. The Morgan fingerprint density at radius 2 is 1.45 bits per heavy atom. The van der Waals surface area contributed by atoms with Gasteiger partial charge in [-0.3, -0.25) is 0 Å². The first-order chi connectivity index (χ1) is 9.33. The molecule has 0 unspecified atom stereocenters. The van der Waals surface area contributed by atoms with Gasteiger partial charge in [0.25, 0.3) is 0 Å². The van der Waals surface area contributed by atoms with Crippen molar-refractivity contribution < 1.29 is 5.11 Å². The van der Waals surface area contributed by atoms with Crippen LogP contribution in [0.15, 0.2) is 24.9 Å². The van der Waals surface area contributed by atoms with Crippen LogP contribution in [0.1, 0.15) is 16.7 Å². The average Bonchev–Trinajstić information content (AvgIpc) is 2.33. The van der Waals surface area contributed by atoms with Crippen molar-refractivity contribution in [2.45, 2.75) is 19.6 Å². The van der Waals surface area contributed by atoms with E-state index in [1.54, 1.807) is 6.20 Å². The summed E-state index contributed by atoms with van der Waals surface area (Å²) in [6.07, 6.45) is 1.77. The Hall–Kier alpha value is -1.52. The Morgan fingerprint density at radius 1 is 0.950 bits per heavy atom. The molecule has 0 aliphatic carbocycles. The topological polar surface area (TPSA) is 30.0 Å². The molecule has 0 aliphatic rings. The third-order valence-corrected chi connectivity index (χ3v) is 3.04. The van der Waals surface area contributed by atoms with Crippen LogP contribution in [0.25, 0.3) is 0 Å². The summed E-state index contributed by atoms with van der Waals surface area (Å²) < 4.78 is 0. The van der Waals surface area contributed by atoms with Crippen molar-refractivity contribution in [1.82, 2.24) is 14.7 Å². The van der Waals surface area contributed by atoms with E-state index in [0.29, 0.717) is 12.3 Å². The zero-order chi connectivity index (χ0) is 15.3. The molecule has 0 fully saturated rings. The van der Waals surface area contributed by atoms with Crippen LogP contribution in [0.5, 0.6) is 5.75 Å². The summed E-state index contributed by atoms with van der Waals surface area (Å²) in [5.74, 6) is 0.398. The normalized spacial score (nSPS) is 11.2. The van der Waals surface area contributed by atoms with Gasteiger partial charge in [-0.15, -0.1) is 0 Å². The fraction of sp³-hybridized carbons (Fsp3) is 0.500. The molecule has 0 atom stereocenters. The van der Waals surface area contributed by atoms with Gasteiger partial charge >= 0.3 is 0 Å². The van der Waals surface area contributed by atoms with Crippen LogP contribution < -0.4 is 0 Å². The van der Waals surface area contributed by atoms with Crippen molar-refractivity contribution in [3.05, 3.63) is 41.6 Å². The molecule has 20 heavy (non-hydrogen) atoms. The van der Waals surface area contributed by atoms with Gasteiger partial charge in [0.05, 0.1) is 0 Å². The van der Waals surface area contributed by atoms with Crippen molar-refractivity contribution in [2.24, 2.45) is 0 Å². The van der Waals surface area contributed by atoms with Crippen LogP contribution in [-0.2, 0) is 19.6 Å². The second kappa shape index (κ2) is 7.31. The number of phenolic OH excluding ortho intramolecular Hbond substituents is 1. The largest absolute Gasteiger partial charge is 0.507 e. The van der Waals surface area contributed by atoms with E-state index >= 15 is 0 Å². The van der Waals surface area contributed by atoms with E-state index in [9.17, 15) is 5.11 Å². The van der Waals surface area contributed by atoms with Crippen molar-refractivity contribution in [2.75, 3.05) is 35.2 Å². The van der Waals surface area contributed by atoms with Gasteiger partial charge < -0.3 is 19.8 Å². The van der Waals surface area contributed by atoms with Gasteiger partial charge in [-0.25, -0.2) is 0 Å². The molecule has 0 aromatic heterocycles. The van der Waals surface area contributed by atoms with E-state index in [1.165, 1.54) is 5.56 Å². The van der Waals surface area contributed by atoms with Gasteiger partial charge in [0.2, 0.25) is 0 Å². The number of hydrogen-bond donors (Lipinski definition) is 1. The van der Waals surface area contributed by atoms with E-state index < -0.39 is 0 Å². The number of rotatable bonds is 7. The minimum Gasteiger partial charge on any atom is -0.507 e. The predicted molar refractivity (Wildman–Crippen MR) is 84.6 cm³/mol. The molecule has 0 radical (unpaired) electrons. The molecular formula is C16H27N3O. The maximum Gasteiger partial charge on any atom is 0.125 e. The van der Waals surface area contributed by atoms with Crippen LogP contribution in [0.2, 0.25) is 0 Å². The zero-order valence-corrected chi connectivity index (χ0v) is 13.3. The minimum absolute atomic E-state index is 0.398. The second-order valence-corrected chi connectivity index (χ2v) is 5.84. The fourth-order valence-electron chi connectivity index (χ4n) is 2.20. The Kier molecular flexibility index (Phi) is 6.05. The van der Waals surface area contributed by atoms with Crippen LogP contribution >= 0.6 is 0 Å². The van der Waals surface area contributed by atoms with Crippen molar-refractivity contribution in [3.8, 4) is 5.75 Å². The Bertz CT molecular complexity index is 455. The summed E-state index contributed by atoms with van der Waals surface area (Å²) in [6, 6.07) is 4.17. The third kappa shape index (κ3) is 4.87. The van der Waals surface area contributed by atoms with E-state index in [2.05, 4.69) is 28.5 Å². The molecule has 0 bridgehead atoms. The van der Waals surface area contributed by atoms with Crippen molar-refractivity contribution in [1.29, 1.82) is 0 Å². The first kappa shape index (κ1) is 16.5. The van der Waals surface area contributed by atoms with Gasteiger partial charge in [0, 0.05) is 37.8 Å². The SMILES string of the molecule is C=CN(C)Cc1cc(CN(C)C)cc(CN(C)C)c1O. The molecule has 0 saturated heterocycles. The maximum absolute atomic E-state index is 10.4. The van der Waals surface area contributed by atoms with Crippen LogP contribution in [0.4, 0.5) is 0 Å². The lowest BCUT2D eigenvalue weighted by Gasteiger charge is -2.20. The predicted octanol–water partition coefficient (Wildman–Crippen LogP) is 2.09. The molecular weight excluding hydrogens is 250 g/mol. The molecule has 0 aliphatic heterocycles. The first-order valence-corrected chi connectivity index (χ1v) is 6.79. The van der Waals surface area contributed by atoms with Crippen molar-refractivity contribution >= 4 is 0 Å². The van der Waals surface area contributed by atoms with Gasteiger partial charge in [-0.2, -0.15) is 0 Å². The Balaban J connectivity index is 3.15. The lowest BCUT2D eigenvalue weighted by Crippen LogP contribution is -2.16. The molecule has 112 valence electrons. The minimum atomic E-state index is 0.398. The quantitative estimate of drug-likeness (QED) is 0.826. The highest BCUT2D eigenvalue weighted by Gasteiger charge is 2.12. The molecule has 0 saturated carbocycles. The van der Waals surface area contributed by atoms with E-state index in [-0.39, 0.29) is 0 Å². The first-order valence-electron chi connectivity index (χ1n) is 6.79. The van der Waals surface area contributed by atoms with E-state index in [4.69, 9.17) is 0 Å². The molecule has 4 nitrogen and oxygen atoms in total. The molecule has 1 aromatic rings. The van der Waals surface area contributed by atoms with Gasteiger partial charge in [-0.1, -0.05) is 6.58 Å². The Labute approximate surface area is 122 Å². The lowest BCUT2D eigenvalue weighted by atomic mass is 10.0. The molecule has 0 spiro atoms. The fourth-order valence-corrected chi connectivity index (χ4v) is 2.20. The highest BCUT2D eigenvalue weighted by molar-refractivity contribution is 5.44. The smallest absolute Gasteiger partial charge is 0.125 e. The number of phenols is 1. The van der Waals surface area contributed by atoms with E-state index in [0.717, 1.165) is 24.2 Å². The standard InChI is InChI=1S/C16H27N3O/c1-7-19(6)12-15-9-13(10-17(2)3)8-14(16(15)20)11-18(4)5/h7-9,20H,1,10-12H2,2-6H3. The monoisotopic (exact) mass is 277 g/mol. The van der Waals surface area contributed by atoms with Gasteiger partial charge in [0.15, 0.2) is 0 Å². The van der Waals surface area contributed by atoms with Crippen LogP contribution in [0, 0.1) is 0 Å². The van der Waals surface area contributed by atoms with Crippen molar-refractivity contribution in [3.63, 3.8) is 0 Å². The summed E-state index contributed by atoms with van der Waals surface area (Å²) in [5.41, 5.74) is 3.14. The van der Waals surface area contributed by atoms with Gasteiger partial charge in [0.1, 0.15) is 5.75 Å². The molecule has 4 heteroatoms. The second-order valence-electron chi connectivity index (χ2n) is 5.84. The maximum atomic E-state index is 10.4. The number of hydrogen-bond acceptors (Lipinski definition) is 4.